The second kappa shape index (κ2) is 4.74. The molecule has 0 aliphatic heterocycles. The van der Waals surface area contributed by atoms with Gasteiger partial charge in [-0.15, -0.1) is 0 Å². The third-order valence-electron chi connectivity index (χ3n) is 1.86. The highest BCUT2D eigenvalue weighted by Crippen LogP contribution is 2.29. The first-order chi connectivity index (χ1) is 7.90. The number of para-hydroxylation sites is 1. The molecular weight excluding hydrogens is 237 g/mol. The van der Waals surface area contributed by atoms with Crippen molar-refractivity contribution in [3.63, 3.8) is 0 Å². The number of carbonyl (C=O) groups excluding carboxylic acids is 1. The fourth-order valence-electron chi connectivity index (χ4n) is 1.11. The number of alkyl halides is 3. The Balaban J connectivity index is 3.14. The summed E-state index contributed by atoms with van der Waals surface area (Å²) in [6, 6.07) is 5.71. The molecule has 17 heavy (non-hydrogen) atoms. The summed E-state index contributed by atoms with van der Waals surface area (Å²) in [5, 5.41) is 10.3. The van der Waals surface area contributed by atoms with Crippen molar-refractivity contribution >= 4 is 11.6 Å². The van der Waals surface area contributed by atoms with Crippen molar-refractivity contribution in [3.05, 3.63) is 23.8 Å². The van der Waals surface area contributed by atoms with Crippen LogP contribution in [0.15, 0.2) is 18.2 Å². The monoisotopic (exact) mass is 244 g/mol. The van der Waals surface area contributed by atoms with Gasteiger partial charge >= 0.3 is 12.1 Å². The third kappa shape index (κ3) is 2.87. The molecule has 1 amide bonds. The van der Waals surface area contributed by atoms with Gasteiger partial charge in [0.25, 0.3) is 0 Å². The van der Waals surface area contributed by atoms with Crippen LogP contribution in [0.1, 0.15) is 5.56 Å². The maximum Gasteiger partial charge on any atom is 0.471 e. The van der Waals surface area contributed by atoms with Gasteiger partial charge in [-0.25, -0.2) is 0 Å². The molecule has 0 spiro atoms. The second-order valence-electron chi connectivity index (χ2n) is 2.95. The van der Waals surface area contributed by atoms with Gasteiger partial charge in [0.15, 0.2) is 0 Å². The van der Waals surface area contributed by atoms with E-state index in [0.717, 1.165) is 0 Å². The Labute approximate surface area is 94.6 Å². The molecule has 1 aromatic carbocycles. The molecule has 7 heteroatoms. The fraction of sp³-hybridized carbons (Fsp3) is 0.200. The first-order valence-corrected chi connectivity index (χ1v) is 4.35. The van der Waals surface area contributed by atoms with Crippen LogP contribution in [0.2, 0.25) is 0 Å². The van der Waals surface area contributed by atoms with Crippen molar-refractivity contribution < 1.29 is 22.7 Å². The number of benzene rings is 1. The van der Waals surface area contributed by atoms with Crippen LogP contribution < -0.4 is 10.1 Å². The van der Waals surface area contributed by atoms with Crippen LogP contribution in [-0.2, 0) is 4.79 Å². The van der Waals surface area contributed by atoms with Gasteiger partial charge in [-0.2, -0.15) is 18.4 Å². The molecule has 1 N–H and O–H groups in total. The largest absolute Gasteiger partial charge is 0.495 e. The summed E-state index contributed by atoms with van der Waals surface area (Å²) < 4.78 is 41.0. The van der Waals surface area contributed by atoms with Crippen molar-refractivity contribution in [2.24, 2.45) is 0 Å². The summed E-state index contributed by atoms with van der Waals surface area (Å²) in [4.78, 5) is 10.8. The van der Waals surface area contributed by atoms with Crippen LogP contribution in [0.25, 0.3) is 0 Å². The van der Waals surface area contributed by atoms with Crippen molar-refractivity contribution in [3.8, 4) is 11.8 Å². The maximum absolute atomic E-state index is 12.1. The number of nitriles is 1. The molecule has 0 heterocycles. The highest BCUT2D eigenvalue weighted by atomic mass is 19.4. The van der Waals surface area contributed by atoms with Gasteiger partial charge in [-0.05, 0) is 12.1 Å². The lowest BCUT2D eigenvalue weighted by atomic mass is 10.1. The molecule has 0 unspecified atom stereocenters. The van der Waals surface area contributed by atoms with E-state index in [9.17, 15) is 18.0 Å². The van der Waals surface area contributed by atoms with E-state index in [1.54, 1.807) is 11.4 Å². The highest BCUT2D eigenvalue weighted by Gasteiger charge is 2.39. The van der Waals surface area contributed by atoms with Gasteiger partial charge in [0.05, 0.1) is 12.7 Å². The van der Waals surface area contributed by atoms with E-state index in [1.807, 2.05) is 0 Å². The van der Waals surface area contributed by atoms with Crippen molar-refractivity contribution in [1.29, 1.82) is 5.26 Å². The zero-order valence-electron chi connectivity index (χ0n) is 8.63. The topological polar surface area (TPSA) is 62.1 Å². The van der Waals surface area contributed by atoms with E-state index in [-0.39, 0.29) is 17.0 Å². The summed E-state index contributed by atoms with van der Waals surface area (Å²) in [5.41, 5.74) is -0.401. The Kier molecular flexibility index (Phi) is 3.58. The summed E-state index contributed by atoms with van der Waals surface area (Å²) >= 11 is 0. The number of nitrogens with zero attached hydrogens (tertiary/aromatic N) is 1. The molecule has 0 bridgehead atoms. The van der Waals surface area contributed by atoms with Crippen LogP contribution >= 0.6 is 0 Å². The van der Waals surface area contributed by atoms with Crippen molar-refractivity contribution in [2.75, 3.05) is 12.4 Å². The minimum absolute atomic E-state index is 0.0124. The van der Waals surface area contributed by atoms with E-state index in [1.165, 1.54) is 25.3 Å². The van der Waals surface area contributed by atoms with Gasteiger partial charge < -0.3 is 10.1 Å². The molecule has 0 aliphatic rings. The van der Waals surface area contributed by atoms with E-state index < -0.39 is 12.1 Å². The van der Waals surface area contributed by atoms with Crippen LogP contribution in [0, 0.1) is 11.3 Å². The molecule has 90 valence electrons. The molecule has 0 aromatic heterocycles. The minimum atomic E-state index is -5.02. The van der Waals surface area contributed by atoms with E-state index in [4.69, 9.17) is 10.00 Å². The van der Waals surface area contributed by atoms with Crippen molar-refractivity contribution in [1.82, 2.24) is 0 Å². The first-order valence-electron chi connectivity index (χ1n) is 4.35. The van der Waals surface area contributed by atoms with Crippen molar-refractivity contribution in [2.45, 2.75) is 6.18 Å². The van der Waals surface area contributed by atoms with Crippen LogP contribution in [-0.4, -0.2) is 19.2 Å². The number of hydrogen-bond donors (Lipinski definition) is 1. The number of rotatable bonds is 2. The second-order valence-corrected chi connectivity index (χ2v) is 2.95. The van der Waals surface area contributed by atoms with E-state index in [0.29, 0.717) is 0 Å². The number of nitrogens with one attached hydrogen (secondary N) is 1. The lowest BCUT2D eigenvalue weighted by Gasteiger charge is -2.12. The molecule has 4 nitrogen and oxygen atoms in total. The molecule has 0 atom stereocenters. The SMILES string of the molecule is COc1cccc(C#N)c1NC(=O)C(F)(F)F. The van der Waals surface area contributed by atoms with Gasteiger partial charge in [-0.3, -0.25) is 4.79 Å². The molecule has 0 radical (unpaired) electrons. The predicted octanol–water partition coefficient (Wildman–Crippen LogP) is 2.07. The molecular formula is C10H7F3N2O2. The lowest BCUT2D eigenvalue weighted by Crippen LogP contribution is -2.30. The van der Waals surface area contributed by atoms with E-state index >= 15 is 0 Å². The zero-order valence-corrected chi connectivity index (χ0v) is 8.63. The summed E-state index contributed by atoms with van der Waals surface area (Å²) in [6.45, 7) is 0. The van der Waals surface area contributed by atoms with Gasteiger partial charge in [0.1, 0.15) is 17.5 Å². The van der Waals surface area contributed by atoms with Crippen LogP contribution in [0.4, 0.5) is 18.9 Å². The Morgan fingerprint density at radius 1 is 1.47 bits per heavy atom. The predicted molar refractivity (Wildman–Crippen MR) is 52.4 cm³/mol. The van der Waals surface area contributed by atoms with Gasteiger partial charge in [0, 0.05) is 0 Å². The lowest BCUT2D eigenvalue weighted by molar-refractivity contribution is -0.167. The smallest absolute Gasteiger partial charge is 0.471 e. The number of hydrogen-bond acceptors (Lipinski definition) is 3. The Hall–Kier alpha value is -2.23. The molecule has 0 saturated carbocycles. The Morgan fingerprint density at radius 3 is 2.59 bits per heavy atom. The van der Waals surface area contributed by atoms with Crippen LogP contribution in [0.3, 0.4) is 0 Å². The Morgan fingerprint density at radius 2 is 2.12 bits per heavy atom. The normalized spacial score (nSPS) is 10.5. The number of carbonyl (C=O) groups is 1. The summed E-state index contributed by atoms with van der Waals surface area (Å²) in [7, 11) is 1.22. The fourth-order valence-corrected chi connectivity index (χ4v) is 1.11. The number of halogens is 3. The summed E-state index contributed by atoms with van der Waals surface area (Å²) in [5.74, 6) is -2.17. The quantitative estimate of drug-likeness (QED) is 0.866. The molecule has 0 saturated heterocycles. The number of anilines is 1. The van der Waals surface area contributed by atoms with Gasteiger partial charge in [-0.1, -0.05) is 6.07 Å². The summed E-state index contributed by atoms with van der Waals surface area (Å²) in [6.07, 6.45) is -5.02. The number of amides is 1. The minimum Gasteiger partial charge on any atom is -0.495 e. The molecule has 0 fully saturated rings. The van der Waals surface area contributed by atoms with E-state index in [2.05, 4.69) is 0 Å². The molecule has 1 rings (SSSR count). The Bertz CT molecular complexity index is 477. The van der Waals surface area contributed by atoms with Gasteiger partial charge in [0.2, 0.25) is 0 Å². The zero-order chi connectivity index (χ0) is 13.1. The highest BCUT2D eigenvalue weighted by molar-refractivity contribution is 5.97. The molecule has 0 aliphatic carbocycles. The molecule has 1 aromatic rings. The average Bonchev–Trinajstić information content (AvgIpc) is 2.28. The average molecular weight is 244 g/mol. The third-order valence-corrected chi connectivity index (χ3v) is 1.86. The number of methoxy groups -OCH3 is 1. The maximum atomic E-state index is 12.1. The first kappa shape index (κ1) is 12.8. The number of ether oxygens (including phenoxy) is 1. The standard InChI is InChI=1S/C10H7F3N2O2/c1-17-7-4-2-3-6(5-14)8(7)15-9(16)10(11,12)13/h2-4H,1H3,(H,15,16). The van der Waals surface area contributed by atoms with Crippen LogP contribution in [0.5, 0.6) is 5.75 Å².